The van der Waals surface area contributed by atoms with E-state index in [-0.39, 0.29) is 0 Å². The van der Waals surface area contributed by atoms with E-state index in [0.717, 1.165) is 0 Å². The summed E-state index contributed by atoms with van der Waals surface area (Å²) in [7, 11) is 0. The van der Waals surface area contributed by atoms with Crippen molar-refractivity contribution in [3.8, 4) is 0 Å². The number of nitrogens with two attached hydrogens (primary N) is 1. The highest BCUT2D eigenvalue weighted by Gasteiger charge is 1.98. The first kappa shape index (κ1) is 11.6. The summed E-state index contributed by atoms with van der Waals surface area (Å²) in [6.07, 6.45) is 2.91. The fraction of sp³-hybridized carbons (Fsp3) is 0.182. The van der Waals surface area contributed by atoms with Gasteiger partial charge in [0, 0.05) is 16.8 Å². The maximum absolute atomic E-state index is 11.0. The van der Waals surface area contributed by atoms with E-state index in [1.54, 1.807) is 31.2 Å². The number of carbonyl (C=O) groups excluding carboxylic acids is 1. The highest BCUT2D eigenvalue weighted by molar-refractivity contribution is 6.30. The van der Waals surface area contributed by atoms with Crippen molar-refractivity contribution in [2.75, 3.05) is 12.3 Å². The third-order valence-electron chi connectivity index (χ3n) is 1.73. The van der Waals surface area contributed by atoms with E-state index >= 15 is 0 Å². The Hall–Kier alpha value is -1.48. The van der Waals surface area contributed by atoms with Gasteiger partial charge in [-0.1, -0.05) is 11.6 Å². The van der Waals surface area contributed by atoms with Crippen LogP contribution in [-0.4, -0.2) is 12.6 Å². The van der Waals surface area contributed by atoms with Crippen LogP contribution in [0.3, 0.4) is 0 Å². The maximum atomic E-state index is 11.0. The van der Waals surface area contributed by atoms with E-state index in [1.807, 2.05) is 0 Å². The molecule has 80 valence electrons. The van der Waals surface area contributed by atoms with Gasteiger partial charge in [-0.05, 0) is 36.8 Å². The molecule has 0 saturated heterocycles. The van der Waals surface area contributed by atoms with E-state index < -0.39 is 5.97 Å². The molecule has 1 aromatic rings. The third kappa shape index (κ3) is 3.64. The van der Waals surface area contributed by atoms with Gasteiger partial charge in [0.2, 0.25) is 0 Å². The average Bonchev–Trinajstić information content (AvgIpc) is 2.20. The summed E-state index contributed by atoms with van der Waals surface area (Å²) in [5, 5.41) is 0.577. The molecule has 0 heterocycles. The first-order valence-electron chi connectivity index (χ1n) is 4.53. The van der Waals surface area contributed by atoms with Crippen LogP contribution in [0.5, 0.6) is 0 Å². The predicted octanol–water partition coefficient (Wildman–Crippen LogP) is 2.50. The molecule has 0 aliphatic carbocycles. The van der Waals surface area contributed by atoms with Crippen molar-refractivity contribution in [2.45, 2.75) is 6.92 Å². The summed E-state index contributed by atoms with van der Waals surface area (Å²) >= 11 is 5.79. The SMILES string of the molecule is CCOC(=O)/C=C/c1cc(Cl)ccc1N. The van der Waals surface area contributed by atoms with Crippen molar-refractivity contribution in [1.29, 1.82) is 0 Å². The molecule has 3 nitrogen and oxygen atoms in total. The molecule has 0 aliphatic heterocycles. The number of carbonyl (C=O) groups is 1. The van der Waals surface area contributed by atoms with E-state index in [2.05, 4.69) is 0 Å². The van der Waals surface area contributed by atoms with Crippen LogP contribution in [-0.2, 0) is 9.53 Å². The largest absolute Gasteiger partial charge is 0.463 e. The normalized spacial score (nSPS) is 10.5. The predicted molar refractivity (Wildman–Crippen MR) is 61.5 cm³/mol. The second kappa shape index (κ2) is 5.41. The van der Waals surface area contributed by atoms with Crippen molar-refractivity contribution in [2.24, 2.45) is 0 Å². The standard InChI is InChI=1S/C11H12ClNO2/c1-2-15-11(14)6-3-8-7-9(12)4-5-10(8)13/h3-7H,2,13H2,1H3/b6-3+. The lowest BCUT2D eigenvalue weighted by molar-refractivity contribution is -0.137. The van der Waals surface area contributed by atoms with E-state index in [4.69, 9.17) is 22.1 Å². The van der Waals surface area contributed by atoms with Crippen molar-refractivity contribution >= 4 is 29.3 Å². The smallest absolute Gasteiger partial charge is 0.330 e. The van der Waals surface area contributed by atoms with Crippen LogP contribution < -0.4 is 5.73 Å². The fourth-order valence-electron chi connectivity index (χ4n) is 1.04. The number of benzene rings is 1. The number of hydrogen-bond donors (Lipinski definition) is 1. The van der Waals surface area contributed by atoms with Crippen LogP contribution in [0.1, 0.15) is 12.5 Å². The first-order chi connectivity index (χ1) is 7.13. The zero-order valence-electron chi connectivity index (χ0n) is 8.37. The number of halogens is 1. The molecule has 0 bridgehead atoms. The molecular weight excluding hydrogens is 214 g/mol. The monoisotopic (exact) mass is 225 g/mol. The topological polar surface area (TPSA) is 52.3 Å². The summed E-state index contributed by atoms with van der Waals surface area (Å²) in [5.41, 5.74) is 6.96. The first-order valence-corrected chi connectivity index (χ1v) is 4.91. The summed E-state index contributed by atoms with van der Waals surface area (Å²) in [5.74, 6) is -0.392. The fourth-order valence-corrected chi connectivity index (χ4v) is 1.22. The summed E-state index contributed by atoms with van der Waals surface area (Å²) in [6, 6.07) is 5.07. The summed E-state index contributed by atoms with van der Waals surface area (Å²) < 4.78 is 4.73. The van der Waals surface area contributed by atoms with Gasteiger partial charge in [-0.25, -0.2) is 4.79 Å². The molecule has 2 N–H and O–H groups in total. The zero-order chi connectivity index (χ0) is 11.3. The molecule has 0 radical (unpaired) electrons. The highest BCUT2D eigenvalue weighted by atomic mass is 35.5. The lowest BCUT2D eigenvalue weighted by Crippen LogP contribution is -1.99. The van der Waals surface area contributed by atoms with Crippen LogP contribution in [0, 0.1) is 0 Å². The molecular formula is C11H12ClNO2. The highest BCUT2D eigenvalue weighted by Crippen LogP contribution is 2.19. The van der Waals surface area contributed by atoms with Gasteiger partial charge < -0.3 is 10.5 Å². The molecule has 15 heavy (non-hydrogen) atoms. The average molecular weight is 226 g/mol. The summed E-state index contributed by atoms with van der Waals surface area (Å²) in [6.45, 7) is 2.10. The van der Waals surface area contributed by atoms with Crippen molar-refractivity contribution in [3.63, 3.8) is 0 Å². The minimum Gasteiger partial charge on any atom is -0.463 e. The van der Waals surface area contributed by atoms with Crippen LogP contribution in [0.25, 0.3) is 6.08 Å². The van der Waals surface area contributed by atoms with Crippen LogP contribution in [0.15, 0.2) is 24.3 Å². The minimum atomic E-state index is -0.392. The van der Waals surface area contributed by atoms with Gasteiger partial charge in [0.15, 0.2) is 0 Å². The second-order valence-electron chi connectivity index (χ2n) is 2.86. The van der Waals surface area contributed by atoms with Crippen LogP contribution >= 0.6 is 11.6 Å². The van der Waals surface area contributed by atoms with Gasteiger partial charge in [0.25, 0.3) is 0 Å². The molecule has 1 aromatic carbocycles. The van der Waals surface area contributed by atoms with Crippen LogP contribution in [0.4, 0.5) is 5.69 Å². The van der Waals surface area contributed by atoms with E-state index in [9.17, 15) is 4.79 Å². The Balaban J connectivity index is 2.79. The van der Waals surface area contributed by atoms with Gasteiger partial charge in [0.1, 0.15) is 0 Å². The number of esters is 1. The van der Waals surface area contributed by atoms with Gasteiger partial charge in [-0.3, -0.25) is 0 Å². The van der Waals surface area contributed by atoms with E-state index in [1.165, 1.54) is 6.08 Å². The van der Waals surface area contributed by atoms with Crippen LogP contribution in [0.2, 0.25) is 5.02 Å². The van der Waals surface area contributed by atoms with Gasteiger partial charge in [-0.15, -0.1) is 0 Å². The lowest BCUT2D eigenvalue weighted by atomic mass is 10.1. The van der Waals surface area contributed by atoms with Crippen molar-refractivity contribution in [3.05, 3.63) is 34.9 Å². The quantitative estimate of drug-likeness (QED) is 0.489. The minimum absolute atomic E-state index is 0.355. The van der Waals surface area contributed by atoms with Gasteiger partial charge in [-0.2, -0.15) is 0 Å². The summed E-state index contributed by atoms with van der Waals surface area (Å²) in [4.78, 5) is 11.0. The van der Waals surface area contributed by atoms with Crippen molar-refractivity contribution in [1.82, 2.24) is 0 Å². The second-order valence-corrected chi connectivity index (χ2v) is 3.30. The maximum Gasteiger partial charge on any atom is 0.330 e. The number of anilines is 1. The Morgan fingerprint density at radius 2 is 2.33 bits per heavy atom. The number of hydrogen-bond acceptors (Lipinski definition) is 3. The molecule has 0 atom stereocenters. The Morgan fingerprint density at radius 1 is 1.60 bits per heavy atom. The van der Waals surface area contributed by atoms with Gasteiger partial charge in [0.05, 0.1) is 6.61 Å². The number of rotatable bonds is 3. The molecule has 0 fully saturated rings. The number of nitrogen functional groups attached to an aromatic ring is 1. The Bertz CT molecular complexity index is 388. The Kier molecular flexibility index (Phi) is 4.18. The van der Waals surface area contributed by atoms with Gasteiger partial charge >= 0.3 is 5.97 Å². The molecule has 0 aromatic heterocycles. The molecule has 0 saturated carbocycles. The van der Waals surface area contributed by atoms with E-state index in [0.29, 0.717) is 22.9 Å². The number of ether oxygens (including phenoxy) is 1. The Labute approximate surface area is 93.5 Å². The molecule has 0 spiro atoms. The zero-order valence-corrected chi connectivity index (χ0v) is 9.12. The molecule has 4 heteroatoms. The molecule has 0 amide bonds. The Morgan fingerprint density at radius 3 is 3.00 bits per heavy atom. The molecule has 0 unspecified atom stereocenters. The molecule has 1 rings (SSSR count). The van der Waals surface area contributed by atoms with Crippen molar-refractivity contribution < 1.29 is 9.53 Å². The lowest BCUT2D eigenvalue weighted by Gasteiger charge is -2.00. The molecule has 0 aliphatic rings. The third-order valence-corrected chi connectivity index (χ3v) is 1.97.